The first-order valence-electron chi connectivity index (χ1n) is 13.0. The molecule has 1 aliphatic heterocycles. The predicted octanol–water partition coefficient (Wildman–Crippen LogP) is 5.73. The van der Waals surface area contributed by atoms with Crippen LogP contribution in [0.5, 0.6) is 0 Å². The molecular formula is C28H17ClF4N8O2. The first-order valence-corrected chi connectivity index (χ1v) is 13.4. The third-order valence-corrected chi connectivity index (χ3v) is 8.27. The molecule has 10 nitrogen and oxygen atoms in total. The maximum atomic E-state index is 15.2. The van der Waals surface area contributed by atoms with E-state index < -0.39 is 23.9 Å². The standard InChI is InChI=1S/C28H17ClF4N8O2/c29-13-2-4-18(40-10-21(37-39-40)28(31,32)33)15(8-13)12-5-19-16-9-17(16)24(41(19)22(42)7-12)27-35-23(25(30)36-27)11-1-3-14-20(6-11)43-38-26(14)34/h1-8,10,16-17,24H,9H2,(H2,34,38)(H,35,36)/t16-,17?,24+/m1/s1. The fraction of sp³-hybridized carbons (Fsp3) is 0.179. The van der Waals surface area contributed by atoms with Crippen LogP contribution in [0.1, 0.15) is 35.6 Å². The van der Waals surface area contributed by atoms with E-state index in [9.17, 15) is 18.0 Å². The van der Waals surface area contributed by atoms with Crippen molar-refractivity contribution in [3.8, 4) is 28.1 Å². The van der Waals surface area contributed by atoms with Crippen molar-refractivity contribution < 1.29 is 22.1 Å². The lowest BCUT2D eigenvalue weighted by molar-refractivity contribution is -0.141. The second-order valence-corrected chi connectivity index (χ2v) is 11.0. The molecule has 43 heavy (non-hydrogen) atoms. The summed E-state index contributed by atoms with van der Waals surface area (Å²) in [6.45, 7) is 0. The number of nitrogens with one attached hydrogen (secondary N) is 1. The van der Waals surface area contributed by atoms with E-state index in [4.69, 9.17) is 21.9 Å². The molecule has 6 aromatic rings. The van der Waals surface area contributed by atoms with E-state index in [0.717, 1.165) is 23.0 Å². The number of fused-ring (bicyclic) bond motifs is 4. The molecule has 0 saturated heterocycles. The lowest BCUT2D eigenvalue weighted by Gasteiger charge is -2.17. The summed E-state index contributed by atoms with van der Waals surface area (Å²) in [5.41, 5.74) is 7.00. The van der Waals surface area contributed by atoms with Crippen LogP contribution in [-0.4, -0.2) is 34.7 Å². The van der Waals surface area contributed by atoms with Gasteiger partial charge < -0.3 is 19.8 Å². The summed E-state index contributed by atoms with van der Waals surface area (Å²) in [5, 5.41) is 11.5. The maximum absolute atomic E-state index is 15.2. The summed E-state index contributed by atoms with van der Waals surface area (Å²) < 4.78 is 62.6. The maximum Gasteiger partial charge on any atom is 0.436 e. The molecule has 216 valence electrons. The van der Waals surface area contributed by atoms with Crippen LogP contribution in [-0.2, 0) is 6.18 Å². The van der Waals surface area contributed by atoms with Crippen molar-refractivity contribution in [2.75, 3.05) is 5.73 Å². The summed E-state index contributed by atoms with van der Waals surface area (Å²) >= 11 is 6.26. The first-order chi connectivity index (χ1) is 20.6. The molecule has 1 fully saturated rings. The summed E-state index contributed by atoms with van der Waals surface area (Å²) in [4.78, 5) is 20.9. The zero-order valence-electron chi connectivity index (χ0n) is 21.6. The Bertz CT molecular complexity index is 2160. The number of hydrogen-bond donors (Lipinski definition) is 2. The number of nitrogens with zero attached hydrogens (tertiary/aromatic N) is 6. The molecule has 0 bridgehead atoms. The van der Waals surface area contributed by atoms with Crippen molar-refractivity contribution >= 4 is 28.4 Å². The van der Waals surface area contributed by atoms with Crippen LogP contribution in [0.2, 0.25) is 5.02 Å². The molecule has 2 aromatic carbocycles. The number of hydrogen-bond acceptors (Lipinski definition) is 7. The minimum atomic E-state index is -4.67. The van der Waals surface area contributed by atoms with Gasteiger partial charge in [-0.15, -0.1) is 5.10 Å². The Morgan fingerprint density at radius 2 is 1.93 bits per heavy atom. The normalized spacial score (nSPS) is 19.1. The SMILES string of the molecule is Nc1noc2cc(-c3nc([C@@H]4C5C[C@H]5c5cc(-c6cc(Cl)ccc6-n6cc(C(F)(F)F)nn6)cc(=O)n54)[nH]c3F)ccc12. The smallest absolute Gasteiger partial charge is 0.380 e. The predicted molar refractivity (Wildman–Crippen MR) is 146 cm³/mol. The fourth-order valence-electron chi connectivity index (χ4n) is 6.01. The zero-order chi connectivity index (χ0) is 29.8. The number of H-pyrrole nitrogens is 1. The van der Waals surface area contributed by atoms with E-state index in [2.05, 4.69) is 25.4 Å². The molecule has 8 rings (SSSR count). The number of nitrogens with two attached hydrogens (primary N) is 1. The van der Waals surface area contributed by atoms with Crippen LogP contribution in [0, 0.1) is 11.9 Å². The lowest BCUT2D eigenvalue weighted by atomic mass is 10.0. The van der Waals surface area contributed by atoms with E-state index in [1.54, 1.807) is 28.8 Å². The van der Waals surface area contributed by atoms with Gasteiger partial charge in [-0.1, -0.05) is 28.0 Å². The van der Waals surface area contributed by atoms with Crippen molar-refractivity contribution in [1.82, 2.24) is 34.7 Å². The van der Waals surface area contributed by atoms with Crippen LogP contribution in [0.3, 0.4) is 0 Å². The highest BCUT2D eigenvalue weighted by molar-refractivity contribution is 6.31. The molecule has 5 heterocycles. The number of rotatable bonds is 4. The minimum absolute atomic E-state index is 0.0152. The highest BCUT2D eigenvalue weighted by Gasteiger charge is 2.54. The van der Waals surface area contributed by atoms with Crippen LogP contribution >= 0.6 is 11.6 Å². The molecule has 2 aliphatic rings. The highest BCUT2D eigenvalue weighted by Crippen LogP contribution is 2.60. The number of imidazole rings is 1. The summed E-state index contributed by atoms with van der Waals surface area (Å²) in [6.07, 6.45) is -3.14. The summed E-state index contributed by atoms with van der Waals surface area (Å²) in [5.74, 6) is -0.0959. The van der Waals surface area contributed by atoms with E-state index in [0.29, 0.717) is 38.5 Å². The Morgan fingerprint density at radius 3 is 2.72 bits per heavy atom. The highest BCUT2D eigenvalue weighted by atomic mass is 35.5. The average Bonchev–Trinajstić information content (AvgIpc) is 3.31. The van der Waals surface area contributed by atoms with Crippen molar-refractivity contribution in [3.05, 3.63) is 93.3 Å². The third-order valence-electron chi connectivity index (χ3n) is 8.03. The van der Waals surface area contributed by atoms with Crippen LogP contribution in [0.15, 0.2) is 64.0 Å². The van der Waals surface area contributed by atoms with Gasteiger partial charge in [0.15, 0.2) is 17.1 Å². The number of nitrogen functional groups attached to an aromatic ring is 1. The zero-order valence-corrected chi connectivity index (χ0v) is 22.4. The molecule has 1 unspecified atom stereocenters. The number of aromatic nitrogens is 7. The van der Waals surface area contributed by atoms with Gasteiger partial charge in [-0.3, -0.25) is 4.79 Å². The Morgan fingerprint density at radius 1 is 1.09 bits per heavy atom. The Kier molecular flexibility index (Phi) is 5.24. The second-order valence-electron chi connectivity index (χ2n) is 10.6. The Labute approximate surface area is 242 Å². The van der Waals surface area contributed by atoms with Gasteiger partial charge >= 0.3 is 6.18 Å². The number of aromatic amines is 1. The number of benzene rings is 2. The van der Waals surface area contributed by atoms with E-state index in [-0.39, 0.29) is 34.6 Å². The number of alkyl halides is 3. The topological polar surface area (TPSA) is 133 Å². The van der Waals surface area contributed by atoms with Crippen molar-refractivity contribution in [3.63, 3.8) is 0 Å². The largest absolute Gasteiger partial charge is 0.436 e. The van der Waals surface area contributed by atoms with Gasteiger partial charge in [0.25, 0.3) is 5.56 Å². The van der Waals surface area contributed by atoms with Crippen LogP contribution in [0.25, 0.3) is 39.0 Å². The molecule has 1 aliphatic carbocycles. The minimum Gasteiger partial charge on any atom is -0.380 e. The molecule has 0 amide bonds. The summed E-state index contributed by atoms with van der Waals surface area (Å²) in [6, 6.07) is 12.2. The van der Waals surface area contributed by atoms with Gasteiger partial charge in [-0.25, -0.2) is 9.67 Å². The van der Waals surface area contributed by atoms with Gasteiger partial charge in [0.2, 0.25) is 5.95 Å². The second kappa shape index (κ2) is 8.77. The molecule has 3 atom stereocenters. The monoisotopic (exact) mass is 608 g/mol. The van der Waals surface area contributed by atoms with Crippen LogP contribution < -0.4 is 11.3 Å². The molecular weight excluding hydrogens is 592 g/mol. The van der Waals surface area contributed by atoms with Crippen molar-refractivity contribution in [2.45, 2.75) is 24.6 Å². The molecule has 0 spiro atoms. The Hall–Kier alpha value is -4.98. The van der Waals surface area contributed by atoms with Gasteiger partial charge in [0, 0.05) is 33.8 Å². The quantitative estimate of drug-likeness (QED) is 0.244. The van der Waals surface area contributed by atoms with Gasteiger partial charge in [0.05, 0.1) is 23.3 Å². The fourth-order valence-corrected chi connectivity index (χ4v) is 6.19. The molecule has 4 aromatic heterocycles. The Balaban J connectivity index is 1.19. The molecule has 15 heteroatoms. The van der Waals surface area contributed by atoms with E-state index in [1.807, 2.05) is 6.07 Å². The molecule has 1 saturated carbocycles. The number of anilines is 1. The van der Waals surface area contributed by atoms with E-state index >= 15 is 4.39 Å². The molecule has 3 N–H and O–H groups in total. The van der Waals surface area contributed by atoms with Crippen molar-refractivity contribution in [1.29, 1.82) is 0 Å². The van der Waals surface area contributed by atoms with Gasteiger partial charge in [0.1, 0.15) is 11.5 Å². The van der Waals surface area contributed by atoms with Gasteiger partial charge in [-0.05, 0) is 54.3 Å². The third kappa shape index (κ3) is 3.96. The first kappa shape index (κ1) is 25.7. The van der Waals surface area contributed by atoms with Crippen LogP contribution in [0.4, 0.5) is 23.4 Å². The average molecular weight is 609 g/mol. The van der Waals surface area contributed by atoms with E-state index in [1.165, 1.54) is 18.2 Å². The van der Waals surface area contributed by atoms with Gasteiger partial charge in [-0.2, -0.15) is 17.6 Å². The molecule has 0 radical (unpaired) electrons. The number of halogens is 5. The van der Waals surface area contributed by atoms with Crippen molar-refractivity contribution in [2.24, 2.45) is 5.92 Å². The summed E-state index contributed by atoms with van der Waals surface area (Å²) in [7, 11) is 0. The lowest BCUT2D eigenvalue weighted by Crippen LogP contribution is -2.26. The number of pyridine rings is 1.